The number of amides is 1. The van der Waals surface area contributed by atoms with Crippen LogP contribution in [0.5, 0.6) is 0 Å². The molecule has 2 N–H and O–H groups in total. The second-order valence-corrected chi connectivity index (χ2v) is 7.59. The largest absolute Gasteiger partial charge is 0.359 e. The van der Waals surface area contributed by atoms with Crippen molar-refractivity contribution in [2.24, 2.45) is 16.8 Å². The molecule has 26 heavy (non-hydrogen) atoms. The van der Waals surface area contributed by atoms with E-state index in [0.29, 0.717) is 12.3 Å². The molecule has 2 rings (SSSR count). The Kier molecular flexibility index (Phi) is 11.5. The predicted octanol–water partition coefficient (Wildman–Crippen LogP) is 2.15. The molecule has 2 aliphatic heterocycles. The van der Waals surface area contributed by atoms with Gasteiger partial charge in [-0.3, -0.25) is 9.79 Å². The minimum Gasteiger partial charge on any atom is -0.359 e. The van der Waals surface area contributed by atoms with Crippen LogP contribution in [0.3, 0.4) is 0 Å². The Morgan fingerprint density at radius 1 is 1.19 bits per heavy atom. The van der Waals surface area contributed by atoms with Crippen molar-refractivity contribution in [2.45, 2.75) is 46.0 Å². The van der Waals surface area contributed by atoms with Crippen molar-refractivity contribution in [3.05, 3.63) is 0 Å². The van der Waals surface area contributed by atoms with Crippen LogP contribution in [0.4, 0.5) is 0 Å². The third-order valence-electron chi connectivity index (χ3n) is 5.42. The Bertz CT molecular complexity index is 438. The number of hydrogen-bond acceptors (Lipinski definition) is 3. The van der Waals surface area contributed by atoms with Crippen LogP contribution < -0.4 is 10.6 Å². The normalized spacial score (nSPS) is 22.7. The Balaban J connectivity index is 0.00000338. The van der Waals surface area contributed by atoms with Crippen LogP contribution in [0.15, 0.2) is 4.99 Å². The van der Waals surface area contributed by atoms with Crippen LogP contribution in [0, 0.1) is 11.8 Å². The number of likely N-dealkylation sites (tertiary alicyclic amines) is 2. The molecule has 1 amide bonds. The Morgan fingerprint density at radius 2 is 1.92 bits per heavy atom. The van der Waals surface area contributed by atoms with Crippen LogP contribution >= 0.6 is 24.0 Å². The minimum absolute atomic E-state index is 0. The predicted molar refractivity (Wildman–Crippen MR) is 119 cm³/mol. The number of rotatable bonds is 6. The van der Waals surface area contributed by atoms with Crippen LogP contribution in [0.25, 0.3) is 0 Å². The molecule has 0 aromatic heterocycles. The number of carbonyl (C=O) groups excluding carboxylic acids is 1. The molecule has 0 aliphatic carbocycles. The summed E-state index contributed by atoms with van der Waals surface area (Å²) in [4.78, 5) is 21.3. The summed E-state index contributed by atoms with van der Waals surface area (Å²) in [6, 6.07) is 0. The van der Waals surface area contributed by atoms with Gasteiger partial charge in [0.15, 0.2) is 5.96 Å². The first-order valence-electron chi connectivity index (χ1n) is 10.1. The average molecular weight is 479 g/mol. The first-order chi connectivity index (χ1) is 12.1. The summed E-state index contributed by atoms with van der Waals surface area (Å²) < 4.78 is 0. The van der Waals surface area contributed by atoms with Crippen molar-refractivity contribution in [3.63, 3.8) is 0 Å². The number of piperidine rings is 2. The molecular formula is C19H38IN5O. The number of hydrogen-bond donors (Lipinski definition) is 2. The lowest BCUT2D eigenvalue weighted by Crippen LogP contribution is -2.46. The van der Waals surface area contributed by atoms with Gasteiger partial charge in [-0.2, -0.15) is 0 Å². The van der Waals surface area contributed by atoms with Crippen molar-refractivity contribution in [3.8, 4) is 0 Å². The first kappa shape index (κ1) is 23.5. The zero-order chi connectivity index (χ0) is 18.1. The maximum Gasteiger partial charge on any atom is 0.220 e. The molecular weight excluding hydrogens is 441 g/mol. The van der Waals surface area contributed by atoms with Crippen LogP contribution in [-0.2, 0) is 4.79 Å². The summed E-state index contributed by atoms with van der Waals surface area (Å²) >= 11 is 0. The minimum atomic E-state index is 0. The van der Waals surface area contributed by atoms with E-state index in [9.17, 15) is 4.79 Å². The zero-order valence-electron chi connectivity index (χ0n) is 16.8. The summed E-state index contributed by atoms with van der Waals surface area (Å²) in [5, 5.41) is 6.18. The van der Waals surface area contributed by atoms with E-state index in [0.717, 1.165) is 57.4 Å². The maximum absolute atomic E-state index is 11.5. The molecule has 7 heteroatoms. The van der Waals surface area contributed by atoms with Crippen molar-refractivity contribution in [1.29, 1.82) is 0 Å². The molecule has 0 bridgehead atoms. The third kappa shape index (κ3) is 7.98. The molecule has 2 aliphatic rings. The van der Waals surface area contributed by atoms with Crippen molar-refractivity contribution in [1.82, 2.24) is 20.4 Å². The van der Waals surface area contributed by atoms with E-state index in [1.54, 1.807) is 7.05 Å². The smallest absolute Gasteiger partial charge is 0.220 e. The summed E-state index contributed by atoms with van der Waals surface area (Å²) in [5.74, 6) is 2.54. The summed E-state index contributed by atoms with van der Waals surface area (Å²) in [5.41, 5.74) is 0. The molecule has 0 spiro atoms. The summed E-state index contributed by atoms with van der Waals surface area (Å²) in [7, 11) is 1.72. The molecule has 2 saturated heterocycles. The fourth-order valence-corrected chi connectivity index (χ4v) is 3.93. The number of aliphatic imine (C=N–C) groups is 1. The number of halogens is 1. The average Bonchev–Trinajstić information content (AvgIpc) is 2.62. The number of carbonyl (C=O) groups is 1. The molecule has 2 heterocycles. The van der Waals surface area contributed by atoms with E-state index in [1.807, 2.05) is 0 Å². The van der Waals surface area contributed by atoms with Crippen molar-refractivity contribution in [2.75, 3.05) is 52.9 Å². The highest BCUT2D eigenvalue weighted by atomic mass is 127. The van der Waals surface area contributed by atoms with Gasteiger partial charge in [-0.1, -0.05) is 6.92 Å². The van der Waals surface area contributed by atoms with Crippen LogP contribution in [0.2, 0.25) is 0 Å². The third-order valence-corrected chi connectivity index (χ3v) is 5.42. The maximum atomic E-state index is 11.5. The zero-order valence-corrected chi connectivity index (χ0v) is 19.1. The molecule has 6 nitrogen and oxygen atoms in total. The topological polar surface area (TPSA) is 60.0 Å². The molecule has 0 radical (unpaired) electrons. The monoisotopic (exact) mass is 479 g/mol. The SMILES string of the molecule is CCNC(=NCCN1CCCC(C)C1)N1CCC(CC(=O)NC)CC1.I. The summed E-state index contributed by atoms with van der Waals surface area (Å²) in [6.07, 6.45) is 5.49. The quantitative estimate of drug-likeness (QED) is 0.348. The molecule has 152 valence electrons. The van der Waals surface area contributed by atoms with Crippen molar-refractivity contribution >= 4 is 35.8 Å². The van der Waals surface area contributed by atoms with Crippen LogP contribution in [0.1, 0.15) is 46.0 Å². The lowest BCUT2D eigenvalue weighted by Gasteiger charge is -2.34. The Morgan fingerprint density at radius 3 is 2.54 bits per heavy atom. The van der Waals surface area contributed by atoms with E-state index in [4.69, 9.17) is 4.99 Å². The second-order valence-electron chi connectivity index (χ2n) is 7.59. The fraction of sp³-hybridized carbons (Fsp3) is 0.895. The van der Waals surface area contributed by atoms with E-state index in [-0.39, 0.29) is 29.9 Å². The van der Waals surface area contributed by atoms with Crippen molar-refractivity contribution < 1.29 is 4.79 Å². The van der Waals surface area contributed by atoms with Crippen LogP contribution in [-0.4, -0.2) is 74.5 Å². The number of nitrogens with zero attached hydrogens (tertiary/aromatic N) is 3. The first-order valence-corrected chi connectivity index (χ1v) is 10.1. The molecule has 0 aromatic carbocycles. The lowest BCUT2D eigenvalue weighted by atomic mass is 9.93. The molecule has 1 atom stereocenters. The van der Waals surface area contributed by atoms with Gasteiger partial charge in [0.05, 0.1) is 6.54 Å². The molecule has 0 aromatic rings. The van der Waals surface area contributed by atoms with Gasteiger partial charge in [0, 0.05) is 46.2 Å². The second kappa shape index (κ2) is 12.8. The van der Waals surface area contributed by atoms with E-state index >= 15 is 0 Å². The van der Waals surface area contributed by atoms with Gasteiger partial charge in [-0.15, -0.1) is 24.0 Å². The highest BCUT2D eigenvalue weighted by Crippen LogP contribution is 2.20. The van der Waals surface area contributed by atoms with E-state index < -0.39 is 0 Å². The Hall–Kier alpha value is -0.570. The number of guanidine groups is 1. The van der Waals surface area contributed by atoms with Gasteiger partial charge >= 0.3 is 0 Å². The van der Waals surface area contributed by atoms with Gasteiger partial charge in [-0.05, 0) is 51.0 Å². The highest BCUT2D eigenvalue weighted by molar-refractivity contribution is 14.0. The van der Waals surface area contributed by atoms with Gasteiger partial charge in [-0.25, -0.2) is 0 Å². The highest BCUT2D eigenvalue weighted by Gasteiger charge is 2.23. The van der Waals surface area contributed by atoms with Gasteiger partial charge < -0.3 is 20.4 Å². The lowest BCUT2D eigenvalue weighted by molar-refractivity contribution is -0.121. The Labute approximate surface area is 176 Å². The van der Waals surface area contributed by atoms with E-state index in [2.05, 4.69) is 34.3 Å². The van der Waals surface area contributed by atoms with Gasteiger partial charge in [0.2, 0.25) is 5.91 Å². The molecule has 2 fully saturated rings. The van der Waals surface area contributed by atoms with E-state index in [1.165, 1.54) is 25.9 Å². The standard InChI is InChI=1S/C19H37N5O.HI/c1-4-21-19(22-9-13-23-10-5-6-16(2)15-23)24-11-7-17(8-12-24)14-18(25)20-3;/h16-17H,4-15H2,1-3H3,(H,20,25)(H,21,22);1H. The molecule has 1 unspecified atom stereocenters. The molecule has 0 saturated carbocycles. The fourth-order valence-electron chi connectivity index (χ4n) is 3.93. The van der Waals surface area contributed by atoms with Gasteiger partial charge in [0.1, 0.15) is 0 Å². The number of nitrogens with one attached hydrogen (secondary N) is 2. The van der Waals surface area contributed by atoms with Gasteiger partial charge in [0.25, 0.3) is 0 Å². The summed E-state index contributed by atoms with van der Waals surface area (Å²) in [6.45, 7) is 11.7.